The summed E-state index contributed by atoms with van der Waals surface area (Å²) in [6, 6.07) is 11.9. The van der Waals surface area contributed by atoms with Crippen molar-refractivity contribution in [2.75, 3.05) is 0 Å². The summed E-state index contributed by atoms with van der Waals surface area (Å²) in [4.78, 5) is 0. The van der Waals surface area contributed by atoms with E-state index >= 15 is 0 Å². The van der Waals surface area contributed by atoms with Crippen molar-refractivity contribution < 1.29 is 0 Å². The van der Waals surface area contributed by atoms with E-state index < -0.39 is 0 Å². The van der Waals surface area contributed by atoms with Gasteiger partial charge in [-0.3, -0.25) is 0 Å². The zero-order chi connectivity index (χ0) is 26.4. The highest BCUT2D eigenvalue weighted by molar-refractivity contribution is 5.88. The van der Waals surface area contributed by atoms with Gasteiger partial charge in [-0.15, -0.1) is 0 Å². The Kier molecular flexibility index (Phi) is 18.6. The quantitative estimate of drug-likeness (QED) is 0.124. The fraction of sp³-hybridized carbons (Fsp3) is 0.730. The monoisotopic (exact) mass is 506 g/mol. The van der Waals surface area contributed by atoms with Gasteiger partial charge in [-0.2, -0.15) is 0 Å². The maximum Gasteiger partial charge on any atom is -0.0149 e. The number of fused-ring (bicyclic) bond motifs is 1. The van der Waals surface area contributed by atoms with Gasteiger partial charge in [0, 0.05) is 0 Å². The molecule has 0 spiro atoms. The van der Waals surface area contributed by atoms with Gasteiger partial charge in [0.1, 0.15) is 0 Å². The van der Waals surface area contributed by atoms with E-state index in [1.807, 2.05) is 0 Å². The van der Waals surface area contributed by atoms with Crippen LogP contribution in [0.15, 0.2) is 30.3 Å². The van der Waals surface area contributed by atoms with E-state index in [1.54, 1.807) is 22.1 Å². The Morgan fingerprint density at radius 2 is 0.811 bits per heavy atom. The SMILES string of the molecule is CCCCCCCCCc1cc2ccccc2c(CCCCCCCCC)c1CCCCCCCCC. The van der Waals surface area contributed by atoms with Gasteiger partial charge >= 0.3 is 0 Å². The zero-order valence-electron chi connectivity index (χ0n) is 25.4. The van der Waals surface area contributed by atoms with E-state index in [0.717, 1.165) is 0 Å². The van der Waals surface area contributed by atoms with Crippen LogP contribution in [0, 0.1) is 0 Å². The van der Waals surface area contributed by atoms with Crippen molar-refractivity contribution in [2.45, 2.75) is 175 Å². The van der Waals surface area contributed by atoms with E-state index in [9.17, 15) is 0 Å². The lowest BCUT2D eigenvalue weighted by atomic mass is 9.86. The number of rotatable bonds is 24. The van der Waals surface area contributed by atoms with E-state index in [2.05, 4.69) is 51.1 Å². The molecule has 0 unspecified atom stereocenters. The Hall–Kier alpha value is -1.30. The molecule has 0 aliphatic rings. The second-order valence-corrected chi connectivity index (χ2v) is 11.8. The second-order valence-electron chi connectivity index (χ2n) is 11.8. The topological polar surface area (TPSA) is 0 Å². The first-order chi connectivity index (χ1) is 18.3. The summed E-state index contributed by atoms with van der Waals surface area (Å²) in [5.74, 6) is 0. The smallest absolute Gasteiger partial charge is 0.0149 e. The third kappa shape index (κ3) is 13.4. The van der Waals surface area contributed by atoms with Crippen LogP contribution in [0.1, 0.15) is 172 Å². The average molecular weight is 507 g/mol. The molecule has 0 bridgehead atoms. The standard InChI is InChI=1S/C37H62/c1-4-7-10-13-16-19-22-27-33-32-34-28-25-26-30-36(34)37(31-24-21-18-15-12-9-6-3)35(33)29-23-20-17-14-11-8-5-2/h25-26,28,30,32H,4-24,27,29,31H2,1-3H3. The van der Waals surface area contributed by atoms with Gasteiger partial charge in [-0.25, -0.2) is 0 Å². The summed E-state index contributed by atoms with van der Waals surface area (Å²) in [5.41, 5.74) is 5.16. The number of hydrogen-bond donors (Lipinski definition) is 0. The number of aryl methyl sites for hydroxylation is 2. The van der Waals surface area contributed by atoms with Gasteiger partial charge in [0.2, 0.25) is 0 Å². The lowest BCUT2D eigenvalue weighted by Gasteiger charge is -2.19. The lowest BCUT2D eigenvalue weighted by molar-refractivity contribution is 0.579. The molecule has 2 aromatic rings. The van der Waals surface area contributed by atoms with Gasteiger partial charge in [-0.1, -0.05) is 167 Å². The molecule has 0 N–H and O–H groups in total. The predicted molar refractivity (Wildman–Crippen MR) is 169 cm³/mol. The van der Waals surface area contributed by atoms with Gasteiger partial charge in [-0.05, 0) is 66.0 Å². The second kappa shape index (κ2) is 21.6. The molecule has 2 aromatic carbocycles. The number of unbranched alkanes of at least 4 members (excludes halogenated alkanes) is 18. The highest BCUT2D eigenvalue weighted by atomic mass is 14.2. The largest absolute Gasteiger partial charge is 0.0654 e. The fourth-order valence-electron chi connectivity index (χ4n) is 6.14. The molecule has 0 atom stereocenters. The Labute approximate surface area is 232 Å². The molecule has 0 aliphatic heterocycles. The van der Waals surface area contributed by atoms with E-state index in [0.29, 0.717) is 0 Å². The number of benzene rings is 2. The van der Waals surface area contributed by atoms with Crippen molar-refractivity contribution in [2.24, 2.45) is 0 Å². The minimum absolute atomic E-state index is 1.28. The summed E-state index contributed by atoms with van der Waals surface area (Å²) in [6.07, 6.45) is 33.3. The molecule has 0 heteroatoms. The van der Waals surface area contributed by atoms with Crippen LogP contribution in [0.25, 0.3) is 10.8 Å². The Bertz CT molecular complexity index is 801. The molecule has 37 heavy (non-hydrogen) atoms. The van der Waals surface area contributed by atoms with Crippen molar-refractivity contribution in [1.82, 2.24) is 0 Å². The zero-order valence-corrected chi connectivity index (χ0v) is 25.4. The van der Waals surface area contributed by atoms with Gasteiger partial charge in [0.05, 0.1) is 0 Å². The third-order valence-electron chi connectivity index (χ3n) is 8.48. The summed E-state index contributed by atoms with van der Waals surface area (Å²) in [5, 5.41) is 3.04. The van der Waals surface area contributed by atoms with Crippen LogP contribution in [0.4, 0.5) is 0 Å². The minimum atomic E-state index is 1.28. The van der Waals surface area contributed by atoms with Crippen molar-refractivity contribution in [3.05, 3.63) is 47.0 Å². The Balaban J connectivity index is 2.07. The summed E-state index contributed by atoms with van der Waals surface area (Å²) in [6.45, 7) is 6.95. The Morgan fingerprint density at radius 3 is 1.32 bits per heavy atom. The first-order valence-corrected chi connectivity index (χ1v) is 16.8. The average Bonchev–Trinajstić information content (AvgIpc) is 2.92. The number of hydrogen-bond acceptors (Lipinski definition) is 0. The van der Waals surface area contributed by atoms with Gasteiger partial charge < -0.3 is 0 Å². The molecule has 0 amide bonds. The Morgan fingerprint density at radius 1 is 0.405 bits per heavy atom. The van der Waals surface area contributed by atoms with Gasteiger partial charge in [0.25, 0.3) is 0 Å². The van der Waals surface area contributed by atoms with Crippen LogP contribution in [0.3, 0.4) is 0 Å². The molecule has 0 saturated carbocycles. The minimum Gasteiger partial charge on any atom is -0.0654 e. The van der Waals surface area contributed by atoms with Crippen molar-refractivity contribution >= 4 is 10.8 Å². The first kappa shape index (κ1) is 31.9. The van der Waals surface area contributed by atoms with Crippen molar-refractivity contribution in [1.29, 1.82) is 0 Å². The third-order valence-corrected chi connectivity index (χ3v) is 8.48. The molecule has 0 nitrogen and oxygen atoms in total. The predicted octanol–water partition coefficient (Wildman–Crippen LogP) is 12.7. The van der Waals surface area contributed by atoms with Gasteiger partial charge in [0.15, 0.2) is 0 Å². The van der Waals surface area contributed by atoms with E-state index in [4.69, 9.17) is 0 Å². The van der Waals surface area contributed by atoms with Crippen LogP contribution < -0.4 is 0 Å². The molecule has 0 aliphatic carbocycles. The fourth-order valence-corrected chi connectivity index (χ4v) is 6.14. The maximum atomic E-state index is 2.58. The molecule has 210 valence electrons. The first-order valence-electron chi connectivity index (χ1n) is 16.8. The lowest BCUT2D eigenvalue weighted by Crippen LogP contribution is -2.04. The molecule has 0 radical (unpaired) electrons. The van der Waals surface area contributed by atoms with Crippen molar-refractivity contribution in [3.8, 4) is 0 Å². The molecular formula is C37H62. The van der Waals surface area contributed by atoms with E-state index in [1.165, 1.54) is 159 Å². The summed E-state index contributed by atoms with van der Waals surface area (Å²) >= 11 is 0. The van der Waals surface area contributed by atoms with Crippen LogP contribution in [-0.4, -0.2) is 0 Å². The molecular weight excluding hydrogens is 444 g/mol. The molecule has 2 rings (SSSR count). The molecule has 0 aromatic heterocycles. The molecule has 0 saturated heterocycles. The van der Waals surface area contributed by atoms with Crippen molar-refractivity contribution in [3.63, 3.8) is 0 Å². The van der Waals surface area contributed by atoms with Crippen LogP contribution in [-0.2, 0) is 19.3 Å². The normalized spacial score (nSPS) is 11.5. The maximum absolute atomic E-state index is 2.58. The van der Waals surface area contributed by atoms with Crippen LogP contribution >= 0.6 is 0 Å². The van der Waals surface area contributed by atoms with Crippen LogP contribution in [0.2, 0.25) is 0 Å². The summed E-state index contributed by atoms with van der Waals surface area (Å²) < 4.78 is 0. The molecule has 0 fully saturated rings. The molecule has 0 heterocycles. The highest BCUT2D eigenvalue weighted by Gasteiger charge is 2.13. The van der Waals surface area contributed by atoms with E-state index in [-0.39, 0.29) is 0 Å². The highest BCUT2D eigenvalue weighted by Crippen LogP contribution is 2.31. The summed E-state index contributed by atoms with van der Waals surface area (Å²) in [7, 11) is 0. The van der Waals surface area contributed by atoms with Crippen LogP contribution in [0.5, 0.6) is 0 Å².